The zero-order valence-corrected chi connectivity index (χ0v) is 37.7. The summed E-state index contributed by atoms with van der Waals surface area (Å²) >= 11 is 11.2. The minimum atomic E-state index is -0.451. The number of hydrogen-bond acceptors (Lipinski definition) is 10. The van der Waals surface area contributed by atoms with Gasteiger partial charge in [0.2, 0.25) is 23.6 Å². The Balaban J connectivity index is 0.000000248. The van der Waals surface area contributed by atoms with Gasteiger partial charge < -0.3 is 31.9 Å². The van der Waals surface area contributed by atoms with Crippen molar-refractivity contribution < 1.29 is 38.4 Å². The Bertz CT molecular complexity index is 2310. The van der Waals surface area contributed by atoms with Gasteiger partial charge in [-0.05, 0) is 49.2 Å². The Morgan fingerprint density at radius 2 is 0.688 bits per heavy atom. The smallest absolute Gasteiger partial charge is 0.225 e. The van der Waals surface area contributed by atoms with E-state index in [0.717, 1.165) is 13.1 Å². The highest BCUT2D eigenvalue weighted by Gasteiger charge is 2.36. The molecule has 0 aromatic heterocycles. The van der Waals surface area contributed by atoms with Crippen molar-refractivity contribution in [2.75, 3.05) is 59.2 Å². The zero-order valence-electron chi connectivity index (χ0n) is 36.2. The van der Waals surface area contributed by atoms with Gasteiger partial charge in [-0.15, -0.1) is 23.2 Å². The molecule has 64 heavy (non-hydrogen) atoms. The van der Waals surface area contributed by atoms with E-state index in [-0.39, 0.29) is 129 Å². The number of anilines is 4. The predicted molar refractivity (Wildman–Crippen MR) is 249 cm³/mol. The third-order valence-corrected chi connectivity index (χ3v) is 10.4. The number of amides is 4. The van der Waals surface area contributed by atoms with Crippen molar-refractivity contribution >= 4 is 92.7 Å². The van der Waals surface area contributed by atoms with Gasteiger partial charge in [-0.1, -0.05) is 76.2 Å². The number of benzene rings is 4. The van der Waals surface area contributed by atoms with Crippen LogP contribution in [0.1, 0.15) is 117 Å². The lowest BCUT2D eigenvalue weighted by molar-refractivity contribution is -0.116. The van der Waals surface area contributed by atoms with E-state index in [1.54, 1.807) is 60.7 Å². The number of carbonyl (C=O) groups excluding carboxylic acids is 8. The van der Waals surface area contributed by atoms with Crippen LogP contribution < -0.4 is 31.9 Å². The summed E-state index contributed by atoms with van der Waals surface area (Å²) in [6, 6.07) is 19.1. The molecule has 0 saturated carbocycles. The highest BCUT2D eigenvalue weighted by molar-refractivity contribution is 6.34. The standard InChI is InChI=1S/C28H36N4O4.C20H16Cl2N2O4/c1-17(2)15-29-13-11-23(33)31-21-9-5-7-19-25(21)28(36)26-20(27(19)35)8-6-10-22(26)32-24(34)12-14-30-16-18(3)4;21-9-7-15(25)23-13-5-1-3-11-17(13)20(28)18-12(19(11)27)4-2-6-14(18)24-16(26)8-10-22/h5-10,17-18,29-30H,11-16H2,1-4H3,(H,31,33)(H,32,34);1-6H,7-10H2,(H,23,25)(H,24,26). The van der Waals surface area contributed by atoms with Crippen molar-refractivity contribution in [3.8, 4) is 0 Å². The first-order valence-corrected chi connectivity index (χ1v) is 22.2. The summed E-state index contributed by atoms with van der Waals surface area (Å²) in [5.74, 6) is -1.53. The number of ketones is 4. The number of nitrogens with one attached hydrogen (secondary N) is 6. The fourth-order valence-corrected chi connectivity index (χ4v) is 7.45. The minimum absolute atomic E-state index is 0.0731. The Morgan fingerprint density at radius 1 is 0.422 bits per heavy atom. The van der Waals surface area contributed by atoms with E-state index in [1.165, 1.54) is 12.1 Å². The van der Waals surface area contributed by atoms with Crippen LogP contribution in [0.15, 0.2) is 72.8 Å². The summed E-state index contributed by atoms with van der Waals surface area (Å²) in [6.45, 7) is 11.0. The van der Waals surface area contributed by atoms with Crippen molar-refractivity contribution in [2.45, 2.75) is 53.4 Å². The average molecular weight is 912 g/mol. The molecule has 0 radical (unpaired) electrons. The van der Waals surface area contributed by atoms with Crippen LogP contribution >= 0.6 is 23.2 Å². The lowest BCUT2D eigenvalue weighted by Crippen LogP contribution is -2.28. The molecule has 336 valence electrons. The quantitative estimate of drug-likeness (QED) is 0.0377. The Labute approximate surface area is 382 Å². The average Bonchev–Trinajstić information content (AvgIpc) is 3.25. The van der Waals surface area contributed by atoms with Crippen molar-refractivity contribution in [3.05, 3.63) is 117 Å². The van der Waals surface area contributed by atoms with Crippen LogP contribution in [-0.2, 0) is 19.2 Å². The van der Waals surface area contributed by atoms with Gasteiger partial charge in [-0.3, -0.25) is 38.4 Å². The van der Waals surface area contributed by atoms with Crippen LogP contribution in [-0.4, -0.2) is 84.7 Å². The van der Waals surface area contributed by atoms with Gasteiger partial charge in [0, 0.05) is 72.8 Å². The highest BCUT2D eigenvalue weighted by atomic mass is 35.5. The lowest BCUT2D eigenvalue weighted by atomic mass is 9.82. The maximum absolute atomic E-state index is 13.6. The molecule has 6 N–H and O–H groups in total. The van der Waals surface area contributed by atoms with E-state index in [9.17, 15) is 38.4 Å². The summed E-state index contributed by atoms with van der Waals surface area (Å²) < 4.78 is 0. The van der Waals surface area contributed by atoms with E-state index < -0.39 is 11.6 Å². The zero-order chi connectivity index (χ0) is 46.5. The molecule has 0 fully saturated rings. The summed E-state index contributed by atoms with van der Waals surface area (Å²) in [5, 5.41) is 17.3. The fraction of sp³-hybridized carbons (Fsp3) is 0.333. The Kier molecular flexibility index (Phi) is 17.6. The van der Waals surface area contributed by atoms with Gasteiger partial charge in [0.05, 0.1) is 45.0 Å². The second-order valence-electron chi connectivity index (χ2n) is 16.0. The van der Waals surface area contributed by atoms with Crippen molar-refractivity contribution in [1.29, 1.82) is 0 Å². The second kappa shape index (κ2) is 23.0. The number of alkyl halides is 2. The molecule has 4 aromatic carbocycles. The topological polar surface area (TPSA) is 209 Å². The third kappa shape index (κ3) is 12.1. The molecule has 0 heterocycles. The molecule has 6 rings (SSSR count). The second-order valence-corrected chi connectivity index (χ2v) is 16.8. The van der Waals surface area contributed by atoms with Crippen LogP contribution in [0.2, 0.25) is 0 Å². The molecule has 0 unspecified atom stereocenters. The number of carbonyl (C=O) groups is 8. The van der Waals surface area contributed by atoms with Gasteiger partial charge in [0.15, 0.2) is 23.1 Å². The van der Waals surface area contributed by atoms with Crippen molar-refractivity contribution in [1.82, 2.24) is 10.6 Å². The van der Waals surface area contributed by atoms with E-state index in [2.05, 4.69) is 59.6 Å². The molecule has 0 spiro atoms. The molecule has 4 amide bonds. The summed E-state index contributed by atoms with van der Waals surface area (Å²) in [6.07, 6.45) is 0.621. The van der Waals surface area contributed by atoms with Crippen LogP contribution in [0, 0.1) is 11.8 Å². The minimum Gasteiger partial charge on any atom is -0.325 e. The molecule has 2 aliphatic rings. The molecule has 14 nitrogen and oxygen atoms in total. The lowest BCUT2D eigenvalue weighted by Gasteiger charge is -2.22. The Morgan fingerprint density at radius 3 is 0.938 bits per heavy atom. The van der Waals surface area contributed by atoms with Crippen LogP contribution in [0.25, 0.3) is 0 Å². The first-order chi connectivity index (χ1) is 30.7. The fourth-order valence-electron chi connectivity index (χ4n) is 7.11. The van der Waals surface area contributed by atoms with Gasteiger partial charge >= 0.3 is 0 Å². The van der Waals surface area contributed by atoms with Gasteiger partial charge in [-0.25, -0.2) is 0 Å². The SMILES string of the molecule is CC(C)CNCCC(=O)Nc1cccc2c1C(=O)c1c(NC(=O)CCNCC(C)C)cccc1C2=O.O=C(CCCl)Nc1cccc2c1C(=O)c1c(NC(=O)CCCl)cccc1C2=O. The molecule has 0 aliphatic heterocycles. The van der Waals surface area contributed by atoms with Crippen LogP contribution in [0.5, 0.6) is 0 Å². The molecule has 0 bridgehead atoms. The van der Waals surface area contributed by atoms with Gasteiger partial charge in [0.25, 0.3) is 0 Å². The molecule has 4 aromatic rings. The van der Waals surface area contributed by atoms with E-state index in [4.69, 9.17) is 23.2 Å². The first kappa shape index (κ1) is 49.0. The monoisotopic (exact) mass is 910 g/mol. The summed E-state index contributed by atoms with van der Waals surface area (Å²) in [4.78, 5) is 102. The van der Waals surface area contributed by atoms with Crippen molar-refractivity contribution in [2.24, 2.45) is 11.8 Å². The summed E-state index contributed by atoms with van der Waals surface area (Å²) in [7, 11) is 0. The van der Waals surface area contributed by atoms with Crippen LogP contribution in [0.4, 0.5) is 22.7 Å². The van der Waals surface area contributed by atoms with Gasteiger partial charge in [0.1, 0.15) is 0 Å². The molecule has 16 heteroatoms. The number of hydrogen-bond donors (Lipinski definition) is 6. The van der Waals surface area contributed by atoms with Crippen molar-refractivity contribution in [3.63, 3.8) is 0 Å². The molecule has 2 aliphatic carbocycles. The Hall–Kier alpha value is -6.06. The third-order valence-electron chi connectivity index (χ3n) is 10.0. The maximum atomic E-state index is 13.6. The number of rotatable bonds is 18. The molecular weight excluding hydrogens is 859 g/mol. The van der Waals surface area contributed by atoms with E-state index in [0.29, 0.717) is 36.3 Å². The largest absolute Gasteiger partial charge is 0.325 e. The van der Waals surface area contributed by atoms with Crippen LogP contribution in [0.3, 0.4) is 0 Å². The van der Waals surface area contributed by atoms with Gasteiger partial charge in [-0.2, -0.15) is 0 Å². The number of fused-ring (bicyclic) bond motifs is 4. The first-order valence-electron chi connectivity index (χ1n) is 21.1. The molecular formula is C48H52Cl2N6O8. The highest BCUT2D eigenvalue weighted by Crippen LogP contribution is 2.37. The van der Waals surface area contributed by atoms with E-state index in [1.807, 2.05) is 0 Å². The maximum Gasteiger partial charge on any atom is 0.225 e. The molecule has 0 atom stereocenters. The predicted octanol–water partition coefficient (Wildman–Crippen LogP) is 7.21. The molecule has 0 saturated heterocycles. The van der Waals surface area contributed by atoms with E-state index >= 15 is 0 Å². The normalized spacial score (nSPS) is 12.4. The summed E-state index contributed by atoms with van der Waals surface area (Å²) in [5.41, 5.74) is 2.44. The number of halogens is 2.